The lowest BCUT2D eigenvalue weighted by atomic mass is 10.1. The summed E-state index contributed by atoms with van der Waals surface area (Å²) in [7, 11) is 0. The number of carbonyl (C=O) groups is 1. The highest BCUT2D eigenvalue weighted by Crippen LogP contribution is 2.17. The van der Waals surface area contributed by atoms with Crippen LogP contribution in [0.2, 0.25) is 0 Å². The minimum Gasteiger partial charge on any atom is -0.348 e. The fourth-order valence-electron chi connectivity index (χ4n) is 1.27. The Morgan fingerprint density at radius 2 is 2.18 bits per heavy atom. The first kappa shape index (κ1) is 14.5. The Hall–Kier alpha value is -0.610. The Kier molecular flexibility index (Phi) is 5.40. The van der Waals surface area contributed by atoms with E-state index in [1.807, 2.05) is 13.8 Å². The monoisotopic (exact) mass is 321 g/mol. The first-order chi connectivity index (χ1) is 7.95. The highest BCUT2D eigenvalue weighted by atomic mass is 79.9. The fourth-order valence-corrected chi connectivity index (χ4v) is 2.08. The van der Waals surface area contributed by atoms with Gasteiger partial charge in [-0.25, -0.2) is 4.39 Å². The molecule has 2 nitrogen and oxygen atoms in total. The van der Waals surface area contributed by atoms with E-state index in [-0.39, 0.29) is 28.2 Å². The zero-order valence-electron chi connectivity index (χ0n) is 9.64. The largest absolute Gasteiger partial charge is 0.348 e. The van der Waals surface area contributed by atoms with Gasteiger partial charge in [-0.15, -0.1) is 11.6 Å². The molecule has 0 spiro atoms. The van der Waals surface area contributed by atoms with Crippen molar-refractivity contribution in [3.8, 4) is 0 Å². The molecule has 0 saturated heterocycles. The van der Waals surface area contributed by atoms with E-state index in [9.17, 15) is 9.18 Å². The van der Waals surface area contributed by atoms with E-state index in [1.165, 1.54) is 18.2 Å². The number of hydrogen-bond donors (Lipinski definition) is 1. The van der Waals surface area contributed by atoms with Gasteiger partial charge >= 0.3 is 0 Å². The van der Waals surface area contributed by atoms with Crippen molar-refractivity contribution in [1.29, 1.82) is 0 Å². The van der Waals surface area contributed by atoms with Gasteiger partial charge in [0.25, 0.3) is 5.91 Å². The van der Waals surface area contributed by atoms with Crippen LogP contribution in [-0.2, 0) is 0 Å². The molecule has 0 radical (unpaired) electrons. The molecule has 17 heavy (non-hydrogen) atoms. The molecule has 0 aliphatic rings. The Morgan fingerprint density at radius 1 is 1.53 bits per heavy atom. The SMILES string of the molecule is CC(C)C(CCl)NC(=O)c1ccc(F)c(Br)c1. The van der Waals surface area contributed by atoms with Crippen LogP contribution in [0.5, 0.6) is 0 Å². The van der Waals surface area contributed by atoms with E-state index in [1.54, 1.807) is 0 Å². The van der Waals surface area contributed by atoms with Crippen molar-refractivity contribution in [2.45, 2.75) is 19.9 Å². The fraction of sp³-hybridized carbons (Fsp3) is 0.417. The summed E-state index contributed by atoms with van der Waals surface area (Å²) in [6.07, 6.45) is 0. The standard InChI is InChI=1S/C12H14BrClFNO/c1-7(2)11(6-14)16-12(17)8-3-4-10(15)9(13)5-8/h3-5,7,11H,6H2,1-2H3,(H,16,17). The summed E-state index contributed by atoms with van der Waals surface area (Å²) in [5.41, 5.74) is 0.411. The van der Waals surface area contributed by atoms with E-state index in [0.717, 1.165) is 0 Å². The minimum absolute atomic E-state index is 0.0898. The molecule has 1 unspecified atom stereocenters. The third-order valence-corrected chi connectivity index (χ3v) is 3.41. The normalized spacial score (nSPS) is 12.6. The third-order valence-electron chi connectivity index (χ3n) is 2.47. The molecule has 0 saturated carbocycles. The Balaban J connectivity index is 2.79. The molecule has 0 aliphatic carbocycles. The zero-order chi connectivity index (χ0) is 13.0. The summed E-state index contributed by atoms with van der Waals surface area (Å²) in [4.78, 5) is 11.9. The maximum Gasteiger partial charge on any atom is 0.251 e. The summed E-state index contributed by atoms with van der Waals surface area (Å²) >= 11 is 8.81. The highest BCUT2D eigenvalue weighted by molar-refractivity contribution is 9.10. The Bertz CT molecular complexity index is 411. The van der Waals surface area contributed by atoms with Gasteiger partial charge in [-0.05, 0) is 40.0 Å². The molecule has 1 rings (SSSR count). The lowest BCUT2D eigenvalue weighted by Crippen LogP contribution is -2.39. The maximum atomic E-state index is 13.0. The van der Waals surface area contributed by atoms with Crippen LogP contribution in [0.15, 0.2) is 22.7 Å². The van der Waals surface area contributed by atoms with Gasteiger partial charge in [-0.3, -0.25) is 4.79 Å². The van der Waals surface area contributed by atoms with E-state index < -0.39 is 0 Å². The number of alkyl halides is 1. The van der Waals surface area contributed by atoms with Gasteiger partial charge in [0.05, 0.1) is 4.47 Å². The lowest BCUT2D eigenvalue weighted by molar-refractivity contribution is 0.0931. The van der Waals surface area contributed by atoms with Crippen LogP contribution in [0.4, 0.5) is 4.39 Å². The van der Waals surface area contributed by atoms with Gasteiger partial charge < -0.3 is 5.32 Å². The number of nitrogens with one attached hydrogen (secondary N) is 1. The van der Waals surface area contributed by atoms with Gasteiger partial charge in [0.2, 0.25) is 0 Å². The second-order valence-corrected chi connectivity index (χ2v) is 5.27. The number of carbonyl (C=O) groups excluding carboxylic acids is 1. The van der Waals surface area contributed by atoms with Crippen molar-refractivity contribution < 1.29 is 9.18 Å². The van der Waals surface area contributed by atoms with Gasteiger partial charge in [-0.2, -0.15) is 0 Å². The number of hydrogen-bond acceptors (Lipinski definition) is 1. The maximum absolute atomic E-state index is 13.0. The second-order valence-electron chi connectivity index (χ2n) is 4.11. The quantitative estimate of drug-likeness (QED) is 0.844. The van der Waals surface area contributed by atoms with Crippen LogP contribution in [0, 0.1) is 11.7 Å². The van der Waals surface area contributed by atoms with E-state index in [0.29, 0.717) is 11.4 Å². The van der Waals surface area contributed by atoms with E-state index >= 15 is 0 Å². The van der Waals surface area contributed by atoms with Crippen LogP contribution in [0.3, 0.4) is 0 Å². The predicted molar refractivity (Wildman–Crippen MR) is 70.9 cm³/mol. The van der Waals surface area contributed by atoms with Crippen molar-refractivity contribution in [2.24, 2.45) is 5.92 Å². The molecule has 5 heteroatoms. The molecule has 0 heterocycles. The van der Waals surface area contributed by atoms with E-state index in [2.05, 4.69) is 21.2 Å². The van der Waals surface area contributed by atoms with Crippen molar-refractivity contribution >= 4 is 33.4 Å². The van der Waals surface area contributed by atoms with Crippen LogP contribution >= 0.6 is 27.5 Å². The molecule has 0 aliphatic heterocycles. The van der Waals surface area contributed by atoms with Crippen molar-refractivity contribution in [1.82, 2.24) is 5.32 Å². The summed E-state index contributed by atoms with van der Waals surface area (Å²) in [5, 5.41) is 2.81. The number of benzene rings is 1. The lowest BCUT2D eigenvalue weighted by Gasteiger charge is -2.19. The molecule has 1 amide bonds. The van der Waals surface area contributed by atoms with Crippen molar-refractivity contribution in [2.75, 3.05) is 5.88 Å². The molecule has 1 N–H and O–H groups in total. The van der Waals surface area contributed by atoms with E-state index in [4.69, 9.17) is 11.6 Å². The first-order valence-electron chi connectivity index (χ1n) is 5.27. The molecule has 1 aromatic rings. The van der Waals surface area contributed by atoms with Crippen LogP contribution in [0.25, 0.3) is 0 Å². The van der Waals surface area contributed by atoms with Crippen LogP contribution in [-0.4, -0.2) is 17.8 Å². The minimum atomic E-state index is -0.390. The second kappa shape index (κ2) is 6.36. The number of amides is 1. The molecule has 0 fully saturated rings. The first-order valence-corrected chi connectivity index (χ1v) is 6.60. The summed E-state index contributed by atoms with van der Waals surface area (Å²) in [6.45, 7) is 3.96. The molecule has 94 valence electrons. The smallest absolute Gasteiger partial charge is 0.251 e. The van der Waals surface area contributed by atoms with Gasteiger partial charge in [0.1, 0.15) is 5.82 Å². The van der Waals surface area contributed by atoms with Gasteiger partial charge in [0.15, 0.2) is 0 Å². The van der Waals surface area contributed by atoms with Gasteiger partial charge in [-0.1, -0.05) is 13.8 Å². The summed E-state index contributed by atoms with van der Waals surface area (Å²) < 4.78 is 13.3. The Morgan fingerprint density at radius 3 is 2.65 bits per heavy atom. The summed E-state index contributed by atoms with van der Waals surface area (Å²) in [6, 6.07) is 4.06. The number of halogens is 3. The average Bonchev–Trinajstić information content (AvgIpc) is 2.28. The van der Waals surface area contributed by atoms with Crippen molar-refractivity contribution in [3.05, 3.63) is 34.1 Å². The average molecular weight is 323 g/mol. The highest BCUT2D eigenvalue weighted by Gasteiger charge is 2.16. The molecular weight excluding hydrogens is 308 g/mol. The van der Waals surface area contributed by atoms with Crippen molar-refractivity contribution in [3.63, 3.8) is 0 Å². The van der Waals surface area contributed by atoms with Crippen LogP contribution in [0.1, 0.15) is 24.2 Å². The molecular formula is C12H14BrClFNO. The third kappa shape index (κ3) is 3.96. The topological polar surface area (TPSA) is 29.1 Å². The predicted octanol–water partition coefficient (Wildman–Crippen LogP) is 3.58. The molecule has 0 bridgehead atoms. The molecule has 0 aromatic heterocycles. The van der Waals surface area contributed by atoms with Gasteiger partial charge in [0, 0.05) is 17.5 Å². The Labute approximate surface area is 114 Å². The zero-order valence-corrected chi connectivity index (χ0v) is 12.0. The van der Waals surface area contributed by atoms with Crippen LogP contribution < -0.4 is 5.32 Å². The molecule has 1 atom stereocenters. The summed E-state index contributed by atoms with van der Waals surface area (Å²) in [5.74, 6) is -0.0316. The molecule has 1 aromatic carbocycles. The number of rotatable bonds is 4.